The topological polar surface area (TPSA) is 76.6 Å². The molecular weight excluding hydrogens is 419 g/mol. The Bertz CT molecular complexity index is 1070. The summed E-state index contributed by atoms with van der Waals surface area (Å²) in [6, 6.07) is 6.38. The van der Waals surface area contributed by atoms with Crippen LogP contribution < -0.4 is 5.32 Å². The van der Waals surface area contributed by atoms with Gasteiger partial charge >= 0.3 is 0 Å². The van der Waals surface area contributed by atoms with Gasteiger partial charge in [-0.1, -0.05) is 12.1 Å². The van der Waals surface area contributed by atoms with Gasteiger partial charge < -0.3 is 19.7 Å². The van der Waals surface area contributed by atoms with Crippen LogP contribution in [0, 0.1) is 5.82 Å². The Kier molecular flexibility index (Phi) is 5.56. The lowest BCUT2D eigenvalue weighted by molar-refractivity contribution is -0.187. The molecule has 2 fully saturated rings. The molecule has 5 rings (SSSR count). The molecule has 1 aromatic carbocycles. The van der Waals surface area contributed by atoms with Crippen LogP contribution in [-0.2, 0) is 14.3 Å². The van der Waals surface area contributed by atoms with Gasteiger partial charge in [0.2, 0.25) is 5.91 Å². The summed E-state index contributed by atoms with van der Waals surface area (Å²) in [6.45, 7) is 3.03. The van der Waals surface area contributed by atoms with Crippen molar-refractivity contribution >= 4 is 33.3 Å². The number of nitrogens with zero attached hydrogens (tertiary/aromatic N) is 3. The molecule has 1 N–H and O–H groups in total. The third-order valence-electron chi connectivity index (χ3n) is 5.85. The molecule has 31 heavy (non-hydrogen) atoms. The number of amides is 1. The molecule has 1 spiro atoms. The van der Waals surface area contributed by atoms with Crippen molar-refractivity contribution in [3.05, 3.63) is 41.8 Å². The summed E-state index contributed by atoms with van der Waals surface area (Å²) in [4.78, 5) is 24.1. The van der Waals surface area contributed by atoms with Gasteiger partial charge in [-0.15, -0.1) is 11.3 Å². The maximum atomic E-state index is 13.3. The molecule has 0 bridgehead atoms. The van der Waals surface area contributed by atoms with Crippen LogP contribution in [0.25, 0.3) is 21.3 Å². The number of aromatic nitrogens is 2. The van der Waals surface area contributed by atoms with Crippen LogP contribution in [0.1, 0.15) is 19.3 Å². The molecule has 0 atom stereocenters. The molecule has 2 aliphatic heterocycles. The highest BCUT2D eigenvalue weighted by molar-refractivity contribution is 7.17. The van der Waals surface area contributed by atoms with Crippen LogP contribution in [0.3, 0.4) is 0 Å². The zero-order chi connectivity index (χ0) is 21.3. The van der Waals surface area contributed by atoms with Crippen molar-refractivity contribution in [3.63, 3.8) is 0 Å². The molecule has 2 aromatic heterocycles. The monoisotopic (exact) mass is 442 g/mol. The fourth-order valence-electron chi connectivity index (χ4n) is 4.18. The van der Waals surface area contributed by atoms with Gasteiger partial charge in [0.05, 0.1) is 18.6 Å². The smallest absolute Gasteiger partial charge is 0.224 e. The van der Waals surface area contributed by atoms with Crippen molar-refractivity contribution < 1.29 is 18.7 Å². The number of likely N-dealkylation sites (tertiary alicyclic amines) is 1. The van der Waals surface area contributed by atoms with Crippen molar-refractivity contribution in [1.29, 1.82) is 0 Å². The second-order valence-electron chi connectivity index (χ2n) is 7.72. The first-order chi connectivity index (χ1) is 15.1. The lowest BCUT2D eigenvalue weighted by Gasteiger charge is -2.37. The highest BCUT2D eigenvalue weighted by atomic mass is 32.1. The molecule has 7 nitrogen and oxygen atoms in total. The average Bonchev–Trinajstić information content (AvgIpc) is 3.43. The Morgan fingerprint density at radius 3 is 2.65 bits per heavy atom. The minimum Gasteiger partial charge on any atom is -0.369 e. The second-order valence-corrected chi connectivity index (χ2v) is 8.58. The summed E-state index contributed by atoms with van der Waals surface area (Å²) in [5.74, 6) is 0.0432. The molecular formula is C22H23FN4O3S. The first-order valence-electron chi connectivity index (χ1n) is 10.4. The number of piperidine rings is 1. The number of carbonyl (C=O) groups is 1. The predicted molar refractivity (Wildman–Crippen MR) is 116 cm³/mol. The molecule has 0 unspecified atom stereocenters. The van der Waals surface area contributed by atoms with E-state index in [-0.39, 0.29) is 11.7 Å². The molecule has 0 aliphatic carbocycles. The Labute approximate surface area is 183 Å². The van der Waals surface area contributed by atoms with Crippen molar-refractivity contribution in [2.75, 3.05) is 38.2 Å². The summed E-state index contributed by atoms with van der Waals surface area (Å²) in [7, 11) is 0. The molecule has 162 valence electrons. The zero-order valence-corrected chi connectivity index (χ0v) is 17.8. The first-order valence-corrected chi connectivity index (χ1v) is 11.3. The number of hydrogen-bond donors (Lipinski definition) is 1. The molecule has 2 saturated heterocycles. The van der Waals surface area contributed by atoms with E-state index in [4.69, 9.17) is 9.47 Å². The van der Waals surface area contributed by atoms with Crippen LogP contribution in [0.5, 0.6) is 0 Å². The van der Waals surface area contributed by atoms with E-state index < -0.39 is 5.79 Å². The van der Waals surface area contributed by atoms with E-state index in [0.29, 0.717) is 57.9 Å². The number of anilines is 1. The second kappa shape index (κ2) is 8.49. The summed E-state index contributed by atoms with van der Waals surface area (Å²) in [5.41, 5.74) is 1.85. The third kappa shape index (κ3) is 4.13. The van der Waals surface area contributed by atoms with E-state index in [0.717, 1.165) is 21.3 Å². The lowest BCUT2D eigenvalue weighted by Crippen LogP contribution is -2.47. The van der Waals surface area contributed by atoms with Crippen LogP contribution in [0.4, 0.5) is 10.2 Å². The fraction of sp³-hybridized carbons (Fsp3) is 0.409. The van der Waals surface area contributed by atoms with E-state index in [9.17, 15) is 9.18 Å². The summed E-state index contributed by atoms with van der Waals surface area (Å²) >= 11 is 1.52. The highest BCUT2D eigenvalue weighted by Gasteiger charge is 2.40. The van der Waals surface area contributed by atoms with Gasteiger partial charge in [0.25, 0.3) is 0 Å². The lowest BCUT2D eigenvalue weighted by atomic mass is 10.0. The van der Waals surface area contributed by atoms with Gasteiger partial charge in [0.1, 0.15) is 22.8 Å². The minimum absolute atomic E-state index is 0.106. The Morgan fingerprint density at radius 1 is 1.16 bits per heavy atom. The van der Waals surface area contributed by atoms with Gasteiger partial charge in [-0.3, -0.25) is 4.79 Å². The maximum Gasteiger partial charge on any atom is 0.224 e. The number of nitrogens with one attached hydrogen (secondary N) is 1. The van der Waals surface area contributed by atoms with E-state index in [2.05, 4.69) is 15.3 Å². The van der Waals surface area contributed by atoms with Crippen molar-refractivity contribution in [2.45, 2.75) is 25.0 Å². The number of ether oxygens (including phenoxy) is 2. The fourth-order valence-corrected chi connectivity index (χ4v) is 5.10. The van der Waals surface area contributed by atoms with Crippen molar-refractivity contribution in [1.82, 2.24) is 14.9 Å². The molecule has 9 heteroatoms. The average molecular weight is 443 g/mol. The Balaban J connectivity index is 1.23. The van der Waals surface area contributed by atoms with E-state index >= 15 is 0 Å². The highest BCUT2D eigenvalue weighted by Crippen LogP contribution is 2.36. The zero-order valence-electron chi connectivity index (χ0n) is 17.0. The minimum atomic E-state index is -0.475. The van der Waals surface area contributed by atoms with Crippen molar-refractivity contribution in [3.8, 4) is 11.1 Å². The molecule has 1 amide bonds. The van der Waals surface area contributed by atoms with E-state index in [1.54, 1.807) is 12.1 Å². The standard InChI is InChI=1S/C22H23FN4O3S/c23-16-3-1-15(2-4-16)17-13-31-21-19(17)20(25-14-26-21)24-8-5-18(28)27-9-6-22(7-10-27)29-11-12-30-22/h1-4,13-14H,5-12H2,(H,24,25,26). The van der Waals surface area contributed by atoms with Crippen LogP contribution >= 0.6 is 11.3 Å². The van der Waals surface area contributed by atoms with E-state index in [1.807, 2.05) is 10.3 Å². The number of halogens is 1. The summed E-state index contributed by atoms with van der Waals surface area (Å²) in [5, 5.41) is 6.19. The number of benzene rings is 1. The predicted octanol–water partition coefficient (Wildman–Crippen LogP) is 3.66. The van der Waals surface area contributed by atoms with Crippen LogP contribution in [-0.4, -0.2) is 59.4 Å². The SMILES string of the molecule is O=C(CCNc1ncnc2scc(-c3ccc(F)cc3)c12)N1CCC2(CC1)OCCO2. The summed E-state index contributed by atoms with van der Waals surface area (Å²) < 4.78 is 24.8. The maximum absolute atomic E-state index is 13.3. The number of rotatable bonds is 5. The van der Waals surface area contributed by atoms with Crippen LogP contribution in [0.15, 0.2) is 36.0 Å². The Morgan fingerprint density at radius 2 is 1.90 bits per heavy atom. The number of carbonyl (C=O) groups excluding carboxylic acids is 1. The molecule has 4 heterocycles. The van der Waals surface area contributed by atoms with E-state index in [1.165, 1.54) is 29.8 Å². The van der Waals surface area contributed by atoms with Gasteiger partial charge in [-0.2, -0.15) is 0 Å². The normalized spacial score (nSPS) is 18.0. The van der Waals surface area contributed by atoms with Gasteiger partial charge in [-0.25, -0.2) is 14.4 Å². The third-order valence-corrected chi connectivity index (χ3v) is 6.73. The molecule has 3 aromatic rings. The number of fused-ring (bicyclic) bond motifs is 1. The quantitative estimate of drug-likeness (QED) is 0.650. The molecule has 0 radical (unpaired) electrons. The summed E-state index contributed by atoms with van der Waals surface area (Å²) in [6.07, 6.45) is 3.32. The number of thiophene rings is 1. The van der Waals surface area contributed by atoms with Crippen LogP contribution in [0.2, 0.25) is 0 Å². The Hall–Kier alpha value is -2.62. The molecule has 0 saturated carbocycles. The molecule has 2 aliphatic rings. The van der Waals surface area contributed by atoms with Crippen molar-refractivity contribution in [2.24, 2.45) is 0 Å². The number of hydrogen-bond acceptors (Lipinski definition) is 7. The largest absolute Gasteiger partial charge is 0.369 e. The van der Waals surface area contributed by atoms with Gasteiger partial charge in [-0.05, 0) is 17.7 Å². The van der Waals surface area contributed by atoms with Gasteiger partial charge in [0.15, 0.2) is 5.79 Å². The first kappa shape index (κ1) is 20.3. The van der Waals surface area contributed by atoms with Gasteiger partial charge in [0, 0.05) is 49.8 Å².